The average Bonchev–Trinajstić information content (AvgIpc) is 3.45. The van der Waals surface area contributed by atoms with Gasteiger partial charge in [-0.15, -0.1) is 0 Å². The SMILES string of the molecule is Cc1ccc(Oc2nc3nc(-c4ccc(-c5ccc(CN6CCN(CCOCCO)CC6)cc5)cc4)c(Cl)cc3[nH]2)cc1C(=O)O. The van der Waals surface area contributed by atoms with Crippen molar-refractivity contribution in [3.05, 3.63) is 94.5 Å². The molecule has 1 fully saturated rings. The van der Waals surface area contributed by atoms with Gasteiger partial charge in [0, 0.05) is 44.8 Å². The maximum Gasteiger partial charge on any atom is 0.336 e. The van der Waals surface area contributed by atoms with Gasteiger partial charge in [0.05, 0.1) is 41.6 Å². The fourth-order valence-corrected chi connectivity index (χ4v) is 5.83. The Hall–Kier alpha value is -4.32. The monoisotopic (exact) mass is 641 g/mol. The van der Waals surface area contributed by atoms with E-state index in [1.807, 2.05) is 12.1 Å². The van der Waals surface area contributed by atoms with Crippen molar-refractivity contribution in [1.82, 2.24) is 24.8 Å². The molecule has 0 aliphatic carbocycles. The van der Waals surface area contributed by atoms with Crippen LogP contribution in [0.25, 0.3) is 33.5 Å². The number of hydrogen-bond acceptors (Lipinski definition) is 8. The van der Waals surface area contributed by atoms with Crippen molar-refractivity contribution in [3.63, 3.8) is 0 Å². The first-order valence-electron chi connectivity index (χ1n) is 15.3. The summed E-state index contributed by atoms with van der Waals surface area (Å²) < 4.78 is 11.2. The van der Waals surface area contributed by atoms with Crippen LogP contribution in [-0.4, -0.2) is 93.5 Å². The summed E-state index contributed by atoms with van der Waals surface area (Å²) in [7, 11) is 0. The summed E-state index contributed by atoms with van der Waals surface area (Å²) in [6.07, 6.45) is 0. The molecule has 0 unspecified atom stereocenters. The largest absolute Gasteiger partial charge is 0.478 e. The molecule has 0 bridgehead atoms. The highest BCUT2D eigenvalue weighted by Crippen LogP contribution is 2.32. The molecular formula is C35H36ClN5O5. The zero-order chi connectivity index (χ0) is 32.0. The lowest BCUT2D eigenvalue weighted by atomic mass is 10.0. The molecule has 0 atom stereocenters. The first-order valence-corrected chi connectivity index (χ1v) is 15.6. The van der Waals surface area contributed by atoms with E-state index in [2.05, 4.69) is 56.2 Å². The van der Waals surface area contributed by atoms with Gasteiger partial charge in [0.15, 0.2) is 5.65 Å². The zero-order valence-electron chi connectivity index (χ0n) is 25.6. The number of aromatic amines is 1. The summed E-state index contributed by atoms with van der Waals surface area (Å²) >= 11 is 6.64. The lowest BCUT2D eigenvalue weighted by Gasteiger charge is -2.34. The van der Waals surface area contributed by atoms with Crippen LogP contribution in [-0.2, 0) is 11.3 Å². The number of rotatable bonds is 12. The minimum absolute atomic E-state index is 0.0723. The van der Waals surface area contributed by atoms with Gasteiger partial charge in [0.1, 0.15) is 5.75 Å². The van der Waals surface area contributed by atoms with Crippen LogP contribution in [0.2, 0.25) is 5.02 Å². The molecular weight excluding hydrogens is 606 g/mol. The number of aliphatic hydroxyl groups is 1. The van der Waals surface area contributed by atoms with Gasteiger partial charge in [0.25, 0.3) is 0 Å². The molecule has 0 amide bonds. The number of fused-ring (bicyclic) bond motifs is 1. The number of ether oxygens (including phenoxy) is 2. The normalized spacial score (nSPS) is 14.2. The van der Waals surface area contributed by atoms with Crippen molar-refractivity contribution in [1.29, 1.82) is 0 Å². The summed E-state index contributed by atoms with van der Waals surface area (Å²) in [6, 6.07) is 23.6. The number of carboxylic acids is 1. The Balaban J connectivity index is 1.08. The van der Waals surface area contributed by atoms with Crippen molar-refractivity contribution in [2.45, 2.75) is 13.5 Å². The molecule has 1 aliphatic rings. The molecule has 5 aromatic rings. The highest BCUT2D eigenvalue weighted by Gasteiger charge is 2.17. The van der Waals surface area contributed by atoms with Crippen LogP contribution < -0.4 is 4.74 Å². The Bertz CT molecular complexity index is 1800. The number of aryl methyl sites for hydroxylation is 1. The average molecular weight is 642 g/mol. The second kappa shape index (κ2) is 14.4. The summed E-state index contributed by atoms with van der Waals surface area (Å²) in [6.45, 7) is 8.81. The molecule has 3 heterocycles. The van der Waals surface area contributed by atoms with Crippen LogP contribution in [0.4, 0.5) is 0 Å². The van der Waals surface area contributed by atoms with E-state index in [1.165, 1.54) is 11.6 Å². The molecule has 3 aromatic carbocycles. The summed E-state index contributed by atoms with van der Waals surface area (Å²) in [5.74, 6) is -0.666. The lowest BCUT2D eigenvalue weighted by molar-refractivity contribution is 0.0564. The number of carbonyl (C=O) groups is 1. The second-order valence-corrected chi connectivity index (χ2v) is 11.8. The van der Waals surface area contributed by atoms with Crippen molar-refractivity contribution in [3.8, 4) is 34.1 Å². The Labute approximate surface area is 272 Å². The number of benzene rings is 3. The third-order valence-electron chi connectivity index (χ3n) is 8.16. The molecule has 238 valence electrons. The first-order chi connectivity index (χ1) is 22.4. The Kier molecular flexibility index (Phi) is 9.91. The van der Waals surface area contributed by atoms with Crippen LogP contribution in [0, 0.1) is 6.92 Å². The number of hydrogen-bond donors (Lipinski definition) is 3. The van der Waals surface area contributed by atoms with E-state index in [0.717, 1.165) is 56.0 Å². The van der Waals surface area contributed by atoms with E-state index >= 15 is 0 Å². The number of imidazole rings is 1. The highest BCUT2D eigenvalue weighted by atomic mass is 35.5. The van der Waals surface area contributed by atoms with Gasteiger partial charge in [-0.25, -0.2) is 9.78 Å². The number of carboxylic acid groups (broad SMARTS) is 1. The van der Waals surface area contributed by atoms with Gasteiger partial charge in [-0.1, -0.05) is 66.2 Å². The maximum absolute atomic E-state index is 11.5. The van der Waals surface area contributed by atoms with E-state index in [-0.39, 0.29) is 18.2 Å². The third-order valence-corrected chi connectivity index (χ3v) is 8.45. The predicted octanol–water partition coefficient (Wildman–Crippen LogP) is 5.87. The molecule has 0 radical (unpaired) electrons. The number of H-pyrrole nitrogens is 1. The number of halogens is 1. The molecule has 46 heavy (non-hydrogen) atoms. The molecule has 11 heteroatoms. The smallest absolute Gasteiger partial charge is 0.336 e. The van der Waals surface area contributed by atoms with E-state index in [0.29, 0.717) is 46.4 Å². The first kappa shape index (κ1) is 31.7. The van der Waals surface area contributed by atoms with Crippen LogP contribution in [0.1, 0.15) is 21.5 Å². The Morgan fingerprint density at radius 1 is 0.891 bits per heavy atom. The van der Waals surface area contributed by atoms with E-state index in [1.54, 1.807) is 25.1 Å². The van der Waals surface area contributed by atoms with E-state index < -0.39 is 5.97 Å². The second-order valence-electron chi connectivity index (χ2n) is 11.3. The van der Waals surface area contributed by atoms with Gasteiger partial charge in [-0.05, 0) is 47.4 Å². The van der Waals surface area contributed by atoms with Crippen LogP contribution in [0.3, 0.4) is 0 Å². The standard InChI is InChI=1S/C35H36ClN5O5/c1-23-2-11-28(20-29(23)34(43)44)46-35-37-31-21-30(36)32(38-33(31)39-35)27-9-7-26(8-10-27)25-5-3-24(4-6-25)22-41-14-12-40(13-15-41)16-18-45-19-17-42/h2-11,20-21,42H,12-19,22H2,1H3,(H,43,44)(H,37,38,39). The number of aromatic carboxylic acids is 1. The number of aromatic nitrogens is 3. The molecule has 0 spiro atoms. The quantitative estimate of drug-likeness (QED) is 0.143. The molecule has 6 rings (SSSR count). The molecule has 2 aromatic heterocycles. The van der Waals surface area contributed by atoms with E-state index in [4.69, 9.17) is 31.2 Å². The van der Waals surface area contributed by atoms with Gasteiger partial charge in [-0.3, -0.25) is 9.80 Å². The number of nitrogens with one attached hydrogen (secondary N) is 1. The summed E-state index contributed by atoms with van der Waals surface area (Å²) in [5, 5.41) is 18.7. The lowest BCUT2D eigenvalue weighted by Crippen LogP contribution is -2.46. The molecule has 1 saturated heterocycles. The van der Waals surface area contributed by atoms with Gasteiger partial charge in [0.2, 0.25) is 0 Å². The third kappa shape index (κ3) is 7.55. The van der Waals surface area contributed by atoms with E-state index in [9.17, 15) is 9.90 Å². The molecule has 1 aliphatic heterocycles. The number of pyridine rings is 1. The predicted molar refractivity (Wildman–Crippen MR) is 178 cm³/mol. The van der Waals surface area contributed by atoms with Crippen LogP contribution >= 0.6 is 11.6 Å². The van der Waals surface area contributed by atoms with Crippen molar-refractivity contribution >= 4 is 28.7 Å². The summed E-state index contributed by atoms with van der Waals surface area (Å²) in [4.78, 5) is 28.6. The Morgan fingerprint density at radius 3 is 2.26 bits per heavy atom. The molecule has 10 nitrogen and oxygen atoms in total. The van der Waals surface area contributed by atoms with Crippen molar-refractivity contribution in [2.75, 3.05) is 52.5 Å². The number of nitrogens with zero attached hydrogens (tertiary/aromatic N) is 4. The minimum atomic E-state index is -1.02. The van der Waals surface area contributed by atoms with Gasteiger partial charge < -0.3 is 24.7 Å². The van der Waals surface area contributed by atoms with Crippen LogP contribution in [0.15, 0.2) is 72.8 Å². The molecule has 3 N–H and O–H groups in total. The van der Waals surface area contributed by atoms with Gasteiger partial charge in [-0.2, -0.15) is 4.98 Å². The van der Waals surface area contributed by atoms with Gasteiger partial charge >= 0.3 is 12.0 Å². The number of aliphatic hydroxyl groups excluding tert-OH is 1. The topological polar surface area (TPSA) is 124 Å². The fraction of sp³-hybridized carbons (Fsp3) is 0.286. The zero-order valence-corrected chi connectivity index (χ0v) is 26.3. The van der Waals surface area contributed by atoms with Crippen molar-refractivity contribution in [2.24, 2.45) is 0 Å². The molecule has 0 saturated carbocycles. The highest BCUT2D eigenvalue weighted by molar-refractivity contribution is 6.33. The fourth-order valence-electron chi connectivity index (χ4n) is 5.57. The Morgan fingerprint density at radius 2 is 1.57 bits per heavy atom. The van der Waals surface area contributed by atoms with Crippen LogP contribution in [0.5, 0.6) is 11.8 Å². The minimum Gasteiger partial charge on any atom is -0.478 e. The maximum atomic E-state index is 11.5. The summed E-state index contributed by atoms with van der Waals surface area (Å²) in [5.41, 5.74) is 6.84. The number of piperazine rings is 1. The van der Waals surface area contributed by atoms with Crippen molar-refractivity contribution < 1.29 is 24.5 Å².